The Kier molecular flexibility index (Phi) is 3.74. The molecule has 13 heavy (non-hydrogen) atoms. The van der Waals surface area contributed by atoms with Crippen LogP contribution in [0.2, 0.25) is 0 Å². The van der Waals surface area contributed by atoms with Crippen molar-refractivity contribution in [1.82, 2.24) is 5.32 Å². The number of hydrogen-bond donors (Lipinski definition) is 1. The average molecular weight is 185 g/mol. The molecular weight excluding hydrogens is 162 g/mol. The lowest BCUT2D eigenvalue weighted by molar-refractivity contribution is -0.0806. The standard InChI is InChI=1S/C11H23NO/c1-5-11(6-2)8-12-9(3)7-10(4)13-11/h9-10,12H,5-8H2,1-4H3. The summed E-state index contributed by atoms with van der Waals surface area (Å²) in [6, 6.07) is 0.593. The van der Waals surface area contributed by atoms with Crippen LogP contribution in [0.15, 0.2) is 0 Å². The van der Waals surface area contributed by atoms with Gasteiger partial charge in [-0.1, -0.05) is 13.8 Å². The molecule has 0 aliphatic carbocycles. The Morgan fingerprint density at radius 2 is 1.92 bits per heavy atom. The molecule has 0 aromatic carbocycles. The predicted octanol–water partition coefficient (Wildman–Crippen LogP) is 2.33. The fourth-order valence-corrected chi connectivity index (χ4v) is 2.12. The molecule has 1 saturated heterocycles. The third kappa shape index (κ3) is 2.68. The van der Waals surface area contributed by atoms with Crippen molar-refractivity contribution in [3.8, 4) is 0 Å². The maximum Gasteiger partial charge on any atom is 0.0804 e. The van der Waals surface area contributed by atoms with E-state index in [9.17, 15) is 0 Å². The molecule has 0 spiro atoms. The molecule has 2 atom stereocenters. The van der Waals surface area contributed by atoms with Crippen LogP contribution in [-0.4, -0.2) is 24.3 Å². The lowest BCUT2D eigenvalue weighted by Gasteiger charge is -2.32. The minimum Gasteiger partial charge on any atom is -0.371 e. The molecule has 1 N–H and O–H groups in total. The quantitative estimate of drug-likeness (QED) is 0.713. The van der Waals surface area contributed by atoms with E-state index >= 15 is 0 Å². The van der Waals surface area contributed by atoms with Gasteiger partial charge >= 0.3 is 0 Å². The number of hydrogen-bond acceptors (Lipinski definition) is 2. The van der Waals surface area contributed by atoms with E-state index in [2.05, 4.69) is 33.0 Å². The van der Waals surface area contributed by atoms with Crippen molar-refractivity contribution >= 4 is 0 Å². The van der Waals surface area contributed by atoms with Gasteiger partial charge in [0.25, 0.3) is 0 Å². The first-order valence-corrected chi connectivity index (χ1v) is 5.53. The summed E-state index contributed by atoms with van der Waals surface area (Å²) in [4.78, 5) is 0. The van der Waals surface area contributed by atoms with E-state index in [0.717, 1.165) is 25.8 Å². The summed E-state index contributed by atoms with van der Waals surface area (Å²) < 4.78 is 6.11. The highest BCUT2D eigenvalue weighted by Gasteiger charge is 2.32. The Bertz CT molecular complexity index is 154. The molecule has 1 aliphatic rings. The maximum absolute atomic E-state index is 6.11. The van der Waals surface area contributed by atoms with Crippen LogP contribution in [0.25, 0.3) is 0 Å². The van der Waals surface area contributed by atoms with Crippen LogP contribution in [-0.2, 0) is 4.74 Å². The van der Waals surface area contributed by atoms with E-state index < -0.39 is 0 Å². The number of rotatable bonds is 2. The highest BCUT2D eigenvalue weighted by atomic mass is 16.5. The number of nitrogens with one attached hydrogen (secondary N) is 1. The molecule has 2 heteroatoms. The molecule has 2 unspecified atom stereocenters. The lowest BCUT2D eigenvalue weighted by Crippen LogP contribution is -2.42. The summed E-state index contributed by atoms with van der Waals surface area (Å²) in [7, 11) is 0. The Labute approximate surface area is 82.0 Å². The monoisotopic (exact) mass is 185 g/mol. The van der Waals surface area contributed by atoms with Crippen molar-refractivity contribution in [2.75, 3.05) is 6.54 Å². The van der Waals surface area contributed by atoms with E-state index in [1.165, 1.54) is 0 Å². The SMILES string of the molecule is CCC1(CC)CNC(C)CC(C)O1. The first-order chi connectivity index (χ1) is 6.12. The minimum atomic E-state index is 0.0875. The van der Waals surface area contributed by atoms with Crippen LogP contribution >= 0.6 is 0 Å². The molecule has 1 fully saturated rings. The smallest absolute Gasteiger partial charge is 0.0804 e. The largest absolute Gasteiger partial charge is 0.371 e. The predicted molar refractivity (Wildman–Crippen MR) is 55.9 cm³/mol. The van der Waals surface area contributed by atoms with Crippen molar-refractivity contribution in [1.29, 1.82) is 0 Å². The van der Waals surface area contributed by atoms with Gasteiger partial charge in [0.15, 0.2) is 0 Å². The van der Waals surface area contributed by atoms with Crippen molar-refractivity contribution in [3.05, 3.63) is 0 Å². The normalized spacial score (nSPS) is 34.2. The van der Waals surface area contributed by atoms with Crippen LogP contribution in [0.3, 0.4) is 0 Å². The zero-order valence-corrected chi connectivity index (χ0v) is 9.39. The van der Waals surface area contributed by atoms with Gasteiger partial charge in [0.1, 0.15) is 0 Å². The summed E-state index contributed by atoms with van der Waals surface area (Å²) in [6.07, 6.45) is 3.73. The molecule has 0 radical (unpaired) electrons. The van der Waals surface area contributed by atoms with Crippen LogP contribution < -0.4 is 5.32 Å². The Hall–Kier alpha value is -0.0800. The fraction of sp³-hybridized carbons (Fsp3) is 1.00. The van der Waals surface area contributed by atoms with E-state index in [4.69, 9.17) is 4.74 Å². The van der Waals surface area contributed by atoms with E-state index in [-0.39, 0.29) is 5.60 Å². The summed E-state index contributed by atoms with van der Waals surface area (Å²) in [5, 5.41) is 3.54. The van der Waals surface area contributed by atoms with E-state index in [0.29, 0.717) is 12.1 Å². The van der Waals surface area contributed by atoms with Crippen molar-refractivity contribution in [2.45, 2.75) is 64.7 Å². The molecular formula is C11H23NO. The average Bonchev–Trinajstić information content (AvgIpc) is 2.25. The van der Waals surface area contributed by atoms with Gasteiger partial charge in [-0.15, -0.1) is 0 Å². The fourth-order valence-electron chi connectivity index (χ4n) is 2.12. The molecule has 1 rings (SSSR count). The van der Waals surface area contributed by atoms with Gasteiger partial charge in [-0.3, -0.25) is 0 Å². The second-order valence-corrected chi connectivity index (χ2v) is 4.34. The summed E-state index contributed by atoms with van der Waals surface area (Å²) in [5.74, 6) is 0. The topological polar surface area (TPSA) is 21.3 Å². The Balaban J connectivity index is 2.65. The first kappa shape index (κ1) is 11.0. The van der Waals surface area contributed by atoms with Gasteiger partial charge in [0.05, 0.1) is 11.7 Å². The van der Waals surface area contributed by atoms with Gasteiger partial charge in [-0.25, -0.2) is 0 Å². The van der Waals surface area contributed by atoms with Gasteiger partial charge in [-0.2, -0.15) is 0 Å². The van der Waals surface area contributed by atoms with Crippen LogP contribution in [0.5, 0.6) is 0 Å². The summed E-state index contributed by atoms with van der Waals surface area (Å²) in [6.45, 7) is 9.86. The van der Waals surface area contributed by atoms with E-state index in [1.807, 2.05) is 0 Å². The van der Waals surface area contributed by atoms with E-state index in [1.54, 1.807) is 0 Å². The van der Waals surface area contributed by atoms with Crippen LogP contribution in [0.1, 0.15) is 47.0 Å². The van der Waals surface area contributed by atoms with Gasteiger partial charge < -0.3 is 10.1 Å². The van der Waals surface area contributed by atoms with Gasteiger partial charge in [0.2, 0.25) is 0 Å². The Morgan fingerprint density at radius 3 is 2.46 bits per heavy atom. The highest BCUT2D eigenvalue weighted by molar-refractivity contribution is 4.86. The molecule has 0 bridgehead atoms. The van der Waals surface area contributed by atoms with Crippen LogP contribution in [0, 0.1) is 0 Å². The highest BCUT2D eigenvalue weighted by Crippen LogP contribution is 2.25. The molecule has 1 aliphatic heterocycles. The molecule has 0 aromatic heterocycles. The molecule has 78 valence electrons. The van der Waals surface area contributed by atoms with Crippen molar-refractivity contribution in [2.24, 2.45) is 0 Å². The van der Waals surface area contributed by atoms with Crippen molar-refractivity contribution < 1.29 is 4.74 Å². The summed E-state index contributed by atoms with van der Waals surface area (Å²) in [5.41, 5.74) is 0.0875. The molecule has 0 aromatic rings. The minimum absolute atomic E-state index is 0.0875. The van der Waals surface area contributed by atoms with Crippen molar-refractivity contribution in [3.63, 3.8) is 0 Å². The third-order valence-electron chi connectivity index (χ3n) is 3.20. The zero-order valence-electron chi connectivity index (χ0n) is 9.39. The second kappa shape index (κ2) is 4.43. The maximum atomic E-state index is 6.11. The number of ether oxygens (including phenoxy) is 1. The van der Waals surface area contributed by atoms with Gasteiger partial charge in [-0.05, 0) is 33.1 Å². The molecule has 1 heterocycles. The summed E-state index contributed by atoms with van der Waals surface area (Å²) >= 11 is 0. The second-order valence-electron chi connectivity index (χ2n) is 4.34. The molecule has 0 saturated carbocycles. The van der Waals surface area contributed by atoms with Crippen LogP contribution in [0.4, 0.5) is 0 Å². The Morgan fingerprint density at radius 1 is 1.31 bits per heavy atom. The third-order valence-corrected chi connectivity index (χ3v) is 3.20. The zero-order chi connectivity index (χ0) is 9.90. The molecule has 0 amide bonds. The van der Waals surface area contributed by atoms with Gasteiger partial charge in [0, 0.05) is 12.6 Å². The first-order valence-electron chi connectivity index (χ1n) is 5.53. The lowest BCUT2D eigenvalue weighted by atomic mass is 9.97. The molecule has 2 nitrogen and oxygen atoms in total.